The fraction of sp³-hybridized carbons (Fsp3) is 0.318. The lowest BCUT2D eigenvalue weighted by Crippen LogP contribution is -2.32. The smallest absolute Gasteiger partial charge is 0.345 e. The van der Waals surface area contributed by atoms with Gasteiger partial charge in [0.05, 0.1) is 35.9 Å². The second kappa shape index (κ2) is 8.44. The molecule has 1 fully saturated rings. The van der Waals surface area contributed by atoms with Gasteiger partial charge in [0.15, 0.2) is 11.6 Å². The zero-order valence-electron chi connectivity index (χ0n) is 16.9. The predicted molar refractivity (Wildman–Crippen MR) is 116 cm³/mol. The first-order valence-corrected chi connectivity index (χ1v) is 10.1. The highest BCUT2D eigenvalue weighted by molar-refractivity contribution is 6.00. The zero-order valence-corrected chi connectivity index (χ0v) is 16.9. The van der Waals surface area contributed by atoms with E-state index in [2.05, 4.69) is 24.8 Å². The summed E-state index contributed by atoms with van der Waals surface area (Å²) in [6.07, 6.45) is 6.42. The van der Waals surface area contributed by atoms with Crippen LogP contribution >= 0.6 is 0 Å². The molecule has 1 aliphatic heterocycles. The van der Waals surface area contributed by atoms with Crippen molar-refractivity contribution in [2.24, 2.45) is 0 Å². The van der Waals surface area contributed by atoms with Crippen molar-refractivity contribution in [2.45, 2.75) is 32.6 Å². The van der Waals surface area contributed by atoms with Gasteiger partial charge in [-0.3, -0.25) is 4.79 Å². The summed E-state index contributed by atoms with van der Waals surface area (Å²) < 4.78 is 0. The highest BCUT2D eigenvalue weighted by atomic mass is 16.1. The van der Waals surface area contributed by atoms with E-state index in [0.717, 1.165) is 42.7 Å². The van der Waals surface area contributed by atoms with Crippen LogP contribution in [0.25, 0.3) is 11.3 Å². The van der Waals surface area contributed by atoms with E-state index >= 15 is 0 Å². The SMILES string of the molecule is Cc1ccccc1-c1cnc(N)c(C(=O)Cc2[nH]c(=O)ncc2N2CCCCC2)n1. The topological polar surface area (TPSA) is 118 Å². The van der Waals surface area contributed by atoms with Gasteiger partial charge in [0.1, 0.15) is 5.69 Å². The third-order valence-corrected chi connectivity index (χ3v) is 5.39. The van der Waals surface area contributed by atoms with Crippen molar-refractivity contribution in [3.8, 4) is 11.3 Å². The van der Waals surface area contributed by atoms with Crippen molar-refractivity contribution < 1.29 is 4.79 Å². The molecule has 2 aromatic heterocycles. The summed E-state index contributed by atoms with van der Waals surface area (Å²) >= 11 is 0. The van der Waals surface area contributed by atoms with Crippen LogP contribution in [0.2, 0.25) is 0 Å². The molecule has 0 saturated carbocycles. The number of nitrogens with two attached hydrogens (primary N) is 1. The Hall–Kier alpha value is -3.55. The number of anilines is 2. The Morgan fingerprint density at radius 1 is 1.13 bits per heavy atom. The number of aromatic nitrogens is 4. The number of rotatable bonds is 5. The lowest BCUT2D eigenvalue weighted by atomic mass is 10.1. The number of nitrogen functional groups attached to an aromatic ring is 1. The molecule has 1 aliphatic rings. The number of carbonyl (C=O) groups excluding carboxylic acids is 1. The van der Waals surface area contributed by atoms with Gasteiger partial charge in [0.2, 0.25) is 0 Å². The van der Waals surface area contributed by atoms with Gasteiger partial charge in [-0.1, -0.05) is 24.3 Å². The molecule has 154 valence electrons. The van der Waals surface area contributed by atoms with Crippen molar-refractivity contribution >= 4 is 17.3 Å². The second-order valence-corrected chi connectivity index (χ2v) is 7.50. The number of carbonyl (C=O) groups is 1. The highest BCUT2D eigenvalue weighted by Gasteiger charge is 2.21. The van der Waals surface area contributed by atoms with Crippen LogP contribution in [0.3, 0.4) is 0 Å². The standard InChI is InChI=1S/C22H24N6O2/c1-14-7-3-4-8-15(14)17-12-24-21(23)20(26-17)19(29)11-16-18(13-25-22(30)27-16)28-9-5-2-6-10-28/h3-4,7-8,12-13H,2,5-6,9-11H2,1H3,(H2,23,24)(H,25,27,30). The zero-order chi connectivity index (χ0) is 21.1. The normalized spacial score (nSPS) is 14.0. The molecular formula is C22H24N6O2. The van der Waals surface area contributed by atoms with Crippen molar-refractivity contribution in [3.05, 3.63) is 64.1 Å². The van der Waals surface area contributed by atoms with E-state index in [0.29, 0.717) is 11.4 Å². The predicted octanol–water partition coefficient (Wildman–Crippen LogP) is 2.53. The quantitative estimate of drug-likeness (QED) is 0.627. The fourth-order valence-electron chi connectivity index (χ4n) is 3.80. The van der Waals surface area contributed by atoms with Gasteiger partial charge in [-0.25, -0.2) is 14.8 Å². The average molecular weight is 404 g/mol. The molecule has 30 heavy (non-hydrogen) atoms. The number of nitrogens with one attached hydrogen (secondary N) is 1. The molecule has 3 aromatic rings. The Labute approximate surface area is 174 Å². The molecule has 3 N–H and O–H groups in total. The van der Waals surface area contributed by atoms with E-state index in [1.54, 1.807) is 12.4 Å². The third-order valence-electron chi connectivity index (χ3n) is 5.39. The van der Waals surface area contributed by atoms with Gasteiger partial charge in [-0.15, -0.1) is 0 Å². The summed E-state index contributed by atoms with van der Waals surface area (Å²) in [6.45, 7) is 3.72. The Balaban J connectivity index is 1.66. The summed E-state index contributed by atoms with van der Waals surface area (Å²) in [6, 6.07) is 7.76. The van der Waals surface area contributed by atoms with E-state index in [1.807, 2.05) is 31.2 Å². The van der Waals surface area contributed by atoms with Gasteiger partial charge in [0, 0.05) is 18.7 Å². The maximum absolute atomic E-state index is 13.1. The number of hydrogen-bond acceptors (Lipinski definition) is 7. The molecule has 0 radical (unpaired) electrons. The summed E-state index contributed by atoms with van der Waals surface area (Å²) in [5.41, 5.74) is 9.43. The number of Topliss-reactive ketones (excluding diaryl/α,β-unsaturated/α-hetero) is 1. The van der Waals surface area contributed by atoms with Crippen molar-refractivity contribution in [1.29, 1.82) is 0 Å². The van der Waals surface area contributed by atoms with Crippen molar-refractivity contribution in [1.82, 2.24) is 19.9 Å². The molecule has 0 aliphatic carbocycles. The van der Waals surface area contributed by atoms with E-state index in [1.165, 1.54) is 6.42 Å². The summed E-state index contributed by atoms with van der Waals surface area (Å²) in [5.74, 6) is -0.219. The average Bonchev–Trinajstić information content (AvgIpc) is 2.75. The lowest BCUT2D eigenvalue weighted by molar-refractivity contribution is 0.0988. The number of nitrogens with zero attached hydrogens (tertiary/aromatic N) is 4. The van der Waals surface area contributed by atoms with Crippen LogP contribution in [0.4, 0.5) is 11.5 Å². The largest absolute Gasteiger partial charge is 0.382 e. The molecule has 3 heterocycles. The van der Waals surface area contributed by atoms with E-state index in [4.69, 9.17) is 5.73 Å². The third kappa shape index (κ3) is 4.07. The maximum atomic E-state index is 13.1. The Morgan fingerprint density at radius 3 is 2.67 bits per heavy atom. The number of aryl methyl sites for hydroxylation is 1. The lowest BCUT2D eigenvalue weighted by Gasteiger charge is -2.29. The Kier molecular flexibility index (Phi) is 5.56. The number of aromatic amines is 1. The number of piperidine rings is 1. The number of H-pyrrole nitrogens is 1. The number of ketones is 1. The van der Waals surface area contributed by atoms with E-state index in [9.17, 15) is 9.59 Å². The van der Waals surface area contributed by atoms with Gasteiger partial charge >= 0.3 is 5.69 Å². The molecule has 4 rings (SSSR count). The van der Waals surface area contributed by atoms with Gasteiger partial charge in [-0.2, -0.15) is 4.98 Å². The molecule has 1 aromatic carbocycles. The van der Waals surface area contributed by atoms with Crippen LogP contribution in [0.5, 0.6) is 0 Å². The first-order chi connectivity index (χ1) is 14.5. The molecule has 0 amide bonds. The monoisotopic (exact) mass is 404 g/mol. The minimum atomic E-state index is -0.480. The summed E-state index contributed by atoms with van der Waals surface area (Å²) in [5, 5.41) is 0. The van der Waals surface area contributed by atoms with Crippen LogP contribution < -0.4 is 16.3 Å². The van der Waals surface area contributed by atoms with Gasteiger partial charge in [-0.05, 0) is 31.7 Å². The molecule has 0 bridgehead atoms. The van der Waals surface area contributed by atoms with Crippen LogP contribution in [0, 0.1) is 6.92 Å². The van der Waals surface area contributed by atoms with Crippen LogP contribution in [-0.2, 0) is 6.42 Å². The minimum Gasteiger partial charge on any atom is -0.382 e. The first-order valence-electron chi connectivity index (χ1n) is 10.1. The van der Waals surface area contributed by atoms with E-state index in [-0.39, 0.29) is 23.7 Å². The summed E-state index contributed by atoms with van der Waals surface area (Å²) in [4.78, 5) is 42.4. The van der Waals surface area contributed by atoms with Gasteiger partial charge < -0.3 is 15.6 Å². The molecule has 8 heteroatoms. The van der Waals surface area contributed by atoms with Crippen LogP contribution in [0.15, 0.2) is 41.5 Å². The Bertz CT molecular complexity index is 1130. The molecule has 0 spiro atoms. The molecule has 1 saturated heterocycles. The van der Waals surface area contributed by atoms with E-state index < -0.39 is 5.69 Å². The van der Waals surface area contributed by atoms with Gasteiger partial charge in [0.25, 0.3) is 0 Å². The van der Waals surface area contributed by atoms with Crippen molar-refractivity contribution in [3.63, 3.8) is 0 Å². The number of benzene rings is 1. The number of hydrogen-bond donors (Lipinski definition) is 2. The van der Waals surface area contributed by atoms with Crippen LogP contribution in [-0.4, -0.2) is 38.8 Å². The molecular weight excluding hydrogens is 380 g/mol. The first kappa shape index (κ1) is 19.8. The molecule has 8 nitrogen and oxygen atoms in total. The van der Waals surface area contributed by atoms with Crippen LogP contribution in [0.1, 0.15) is 41.0 Å². The van der Waals surface area contributed by atoms with Crippen molar-refractivity contribution in [2.75, 3.05) is 23.7 Å². The second-order valence-electron chi connectivity index (χ2n) is 7.50. The molecule has 0 unspecified atom stereocenters. The maximum Gasteiger partial charge on any atom is 0.345 e. The summed E-state index contributed by atoms with van der Waals surface area (Å²) in [7, 11) is 0. The fourth-order valence-corrected chi connectivity index (χ4v) is 3.80. The highest BCUT2D eigenvalue weighted by Crippen LogP contribution is 2.25. The Morgan fingerprint density at radius 2 is 1.90 bits per heavy atom. The minimum absolute atomic E-state index is 0.0281. The molecule has 0 atom stereocenters.